The Hall–Kier alpha value is -1.01. The van der Waals surface area contributed by atoms with Crippen molar-refractivity contribution >= 4 is 0 Å². The minimum absolute atomic E-state index is 0.187. The first-order chi connectivity index (χ1) is 8.96. The zero-order chi connectivity index (χ0) is 14.3. The van der Waals surface area contributed by atoms with Crippen molar-refractivity contribution in [3.05, 3.63) is 23.7 Å². The van der Waals surface area contributed by atoms with Crippen LogP contribution in [0.4, 0.5) is 13.2 Å². The molecule has 0 aliphatic heterocycles. The van der Waals surface area contributed by atoms with Crippen LogP contribution in [0.5, 0.6) is 0 Å². The second-order valence-electron chi connectivity index (χ2n) is 4.46. The molecule has 0 saturated heterocycles. The van der Waals surface area contributed by atoms with Gasteiger partial charge in [-0.05, 0) is 25.6 Å². The predicted octanol–water partition coefficient (Wildman–Crippen LogP) is 3.16. The maximum absolute atomic E-state index is 12.4. The quantitative estimate of drug-likeness (QED) is 0.740. The van der Waals surface area contributed by atoms with E-state index in [4.69, 9.17) is 4.42 Å². The van der Waals surface area contributed by atoms with Crippen LogP contribution in [0.15, 0.2) is 16.7 Å². The zero-order valence-electron chi connectivity index (χ0n) is 11.4. The van der Waals surface area contributed by atoms with Crippen LogP contribution in [0.1, 0.15) is 31.6 Å². The molecule has 0 aliphatic carbocycles. The normalized spacial score (nSPS) is 12.3. The molecule has 0 aliphatic rings. The van der Waals surface area contributed by atoms with Gasteiger partial charge < -0.3 is 9.73 Å². The number of hydrogen-bond donors (Lipinski definition) is 1. The second-order valence-corrected chi connectivity index (χ2v) is 4.46. The molecule has 3 nitrogen and oxygen atoms in total. The number of hydrogen-bond acceptors (Lipinski definition) is 3. The molecular weight excluding hydrogens is 257 g/mol. The SMILES string of the molecule is CCCNCc1ccoc1CN(CC)CC(F)(F)F. The zero-order valence-corrected chi connectivity index (χ0v) is 11.4. The van der Waals surface area contributed by atoms with Gasteiger partial charge in [-0.1, -0.05) is 13.8 Å². The Morgan fingerprint density at radius 3 is 2.63 bits per heavy atom. The summed E-state index contributed by atoms with van der Waals surface area (Å²) in [5.41, 5.74) is 0.925. The van der Waals surface area contributed by atoms with Crippen molar-refractivity contribution in [2.75, 3.05) is 19.6 Å². The Kier molecular flexibility index (Phi) is 6.37. The van der Waals surface area contributed by atoms with Crippen molar-refractivity contribution in [2.24, 2.45) is 0 Å². The molecule has 0 amide bonds. The fourth-order valence-electron chi connectivity index (χ4n) is 1.80. The lowest BCUT2D eigenvalue weighted by Crippen LogP contribution is -2.33. The van der Waals surface area contributed by atoms with E-state index in [-0.39, 0.29) is 6.54 Å². The molecule has 0 bridgehead atoms. The van der Waals surface area contributed by atoms with Gasteiger partial charge in [0.05, 0.1) is 19.4 Å². The average molecular weight is 278 g/mol. The monoisotopic (exact) mass is 278 g/mol. The highest BCUT2D eigenvalue weighted by atomic mass is 19.4. The summed E-state index contributed by atoms with van der Waals surface area (Å²) in [6.07, 6.45) is -1.63. The van der Waals surface area contributed by atoms with Gasteiger partial charge in [0.1, 0.15) is 5.76 Å². The van der Waals surface area contributed by atoms with Crippen LogP contribution in [-0.4, -0.2) is 30.7 Å². The molecule has 0 spiro atoms. The van der Waals surface area contributed by atoms with Gasteiger partial charge in [-0.25, -0.2) is 0 Å². The molecule has 0 fully saturated rings. The van der Waals surface area contributed by atoms with Crippen molar-refractivity contribution in [3.8, 4) is 0 Å². The Morgan fingerprint density at radius 2 is 2.05 bits per heavy atom. The number of rotatable bonds is 8. The molecule has 6 heteroatoms. The molecule has 1 heterocycles. The number of nitrogens with one attached hydrogen (secondary N) is 1. The third-order valence-corrected chi connectivity index (χ3v) is 2.80. The predicted molar refractivity (Wildman–Crippen MR) is 67.7 cm³/mol. The van der Waals surface area contributed by atoms with E-state index in [1.165, 1.54) is 11.2 Å². The molecule has 0 atom stereocenters. The maximum Gasteiger partial charge on any atom is 0.401 e. The van der Waals surface area contributed by atoms with Gasteiger partial charge in [-0.3, -0.25) is 4.90 Å². The first-order valence-electron chi connectivity index (χ1n) is 6.51. The summed E-state index contributed by atoms with van der Waals surface area (Å²) in [6, 6.07) is 1.80. The first-order valence-corrected chi connectivity index (χ1v) is 6.51. The Balaban J connectivity index is 2.57. The molecule has 0 saturated carbocycles. The number of halogens is 3. The lowest BCUT2D eigenvalue weighted by atomic mass is 10.2. The summed E-state index contributed by atoms with van der Waals surface area (Å²) in [5, 5.41) is 3.22. The standard InChI is InChI=1S/C13H21F3N2O/c1-3-6-17-8-11-5-7-19-12(11)9-18(4-2)10-13(14,15)16/h5,7,17H,3-4,6,8-10H2,1-2H3. The van der Waals surface area contributed by atoms with Gasteiger partial charge >= 0.3 is 6.18 Å². The van der Waals surface area contributed by atoms with E-state index in [1.54, 1.807) is 13.0 Å². The van der Waals surface area contributed by atoms with Crippen LogP contribution in [-0.2, 0) is 13.1 Å². The summed E-state index contributed by atoms with van der Waals surface area (Å²) >= 11 is 0. The summed E-state index contributed by atoms with van der Waals surface area (Å²) in [4.78, 5) is 1.32. The molecule has 1 aromatic heterocycles. The van der Waals surface area contributed by atoms with Gasteiger partial charge in [0.2, 0.25) is 0 Å². The molecular formula is C13H21F3N2O. The highest BCUT2D eigenvalue weighted by Crippen LogP contribution is 2.19. The van der Waals surface area contributed by atoms with Crippen molar-refractivity contribution in [1.29, 1.82) is 0 Å². The van der Waals surface area contributed by atoms with E-state index in [0.29, 0.717) is 18.8 Å². The number of furan rings is 1. The van der Waals surface area contributed by atoms with E-state index in [0.717, 1.165) is 18.5 Å². The van der Waals surface area contributed by atoms with E-state index in [2.05, 4.69) is 12.2 Å². The van der Waals surface area contributed by atoms with Crippen LogP contribution in [0.25, 0.3) is 0 Å². The van der Waals surface area contributed by atoms with Crippen LogP contribution >= 0.6 is 0 Å². The minimum Gasteiger partial charge on any atom is -0.468 e. The molecule has 19 heavy (non-hydrogen) atoms. The molecule has 1 aromatic rings. The number of nitrogens with zero attached hydrogens (tertiary/aromatic N) is 1. The van der Waals surface area contributed by atoms with E-state index in [1.807, 2.05) is 0 Å². The highest BCUT2D eigenvalue weighted by Gasteiger charge is 2.30. The summed E-state index contributed by atoms with van der Waals surface area (Å²) in [7, 11) is 0. The van der Waals surface area contributed by atoms with Crippen molar-refractivity contribution in [3.63, 3.8) is 0 Å². The minimum atomic E-state index is -4.18. The summed E-state index contributed by atoms with van der Waals surface area (Å²) in [6.45, 7) is 4.89. The van der Waals surface area contributed by atoms with Gasteiger partial charge in [0.25, 0.3) is 0 Å². The van der Waals surface area contributed by atoms with Gasteiger partial charge in [-0.15, -0.1) is 0 Å². The maximum atomic E-state index is 12.4. The van der Waals surface area contributed by atoms with E-state index >= 15 is 0 Å². The van der Waals surface area contributed by atoms with Crippen LogP contribution in [0.3, 0.4) is 0 Å². The molecule has 0 aromatic carbocycles. The topological polar surface area (TPSA) is 28.4 Å². The third kappa shape index (κ3) is 6.11. The molecule has 110 valence electrons. The fourth-order valence-corrected chi connectivity index (χ4v) is 1.80. The van der Waals surface area contributed by atoms with Crippen LogP contribution in [0.2, 0.25) is 0 Å². The van der Waals surface area contributed by atoms with E-state index in [9.17, 15) is 13.2 Å². The van der Waals surface area contributed by atoms with Gasteiger partial charge in [0, 0.05) is 12.1 Å². The van der Waals surface area contributed by atoms with Crippen molar-refractivity contribution < 1.29 is 17.6 Å². The summed E-state index contributed by atoms with van der Waals surface area (Å²) in [5.74, 6) is 0.606. The Bertz CT molecular complexity index is 363. The van der Waals surface area contributed by atoms with Gasteiger partial charge in [0.15, 0.2) is 0 Å². The van der Waals surface area contributed by atoms with Crippen LogP contribution in [0, 0.1) is 0 Å². The Morgan fingerprint density at radius 1 is 1.32 bits per heavy atom. The Labute approximate surface area is 111 Å². The smallest absolute Gasteiger partial charge is 0.401 e. The van der Waals surface area contributed by atoms with Crippen molar-refractivity contribution in [2.45, 2.75) is 39.5 Å². The largest absolute Gasteiger partial charge is 0.468 e. The van der Waals surface area contributed by atoms with Gasteiger partial charge in [-0.2, -0.15) is 13.2 Å². The lowest BCUT2D eigenvalue weighted by molar-refractivity contribution is -0.147. The summed E-state index contributed by atoms with van der Waals surface area (Å²) < 4.78 is 42.5. The molecule has 1 N–H and O–H groups in total. The molecule has 0 unspecified atom stereocenters. The third-order valence-electron chi connectivity index (χ3n) is 2.80. The number of alkyl halides is 3. The first kappa shape index (κ1) is 16.0. The lowest BCUT2D eigenvalue weighted by Gasteiger charge is -2.21. The highest BCUT2D eigenvalue weighted by molar-refractivity contribution is 5.16. The average Bonchev–Trinajstić information content (AvgIpc) is 2.74. The van der Waals surface area contributed by atoms with E-state index < -0.39 is 12.7 Å². The molecule has 1 rings (SSSR count). The fraction of sp³-hybridized carbons (Fsp3) is 0.692. The molecule has 0 radical (unpaired) electrons. The second kappa shape index (κ2) is 7.55. The van der Waals surface area contributed by atoms with Crippen LogP contribution < -0.4 is 5.32 Å². The van der Waals surface area contributed by atoms with Crippen molar-refractivity contribution in [1.82, 2.24) is 10.2 Å².